The van der Waals surface area contributed by atoms with Gasteiger partial charge in [-0.15, -0.1) is 0 Å². The van der Waals surface area contributed by atoms with Crippen LogP contribution in [0.2, 0.25) is 30.8 Å². The highest BCUT2D eigenvalue weighted by Gasteiger charge is 2.15. The number of ether oxygens (including phenoxy) is 1. The van der Waals surface area contributed by atoms with Crippen molar-refractivity contribution < 1.29 is 4.74 Å². The van der Waals surface area contributed by atoms with Gasteiger partial charge in [0.1, 0.15) is 17.5 Å². The minimum atomic E-state index is -1.04. The Kier molecular flexibility index (Phi) is 6.46. The van der Waals surface area contributed by atoms with Gasteiger partial charge in [0, 0.05) is 26.3 Å². The lowest BCUT2D eigenvalue weighted by molar-refractivity contribution is 0.0900. The monoisotopic (exact) mass is 425 g/mol. The zero-order chi connectivity index (χ0) is 14.0. The van der Waals surface area contributed by atoms with E-state index in [0.29, 0.717) is 11.9 Å². The standard InChI is InChI=1S/C13H18ClIN2OSi.H3N/c1-19(2,3)8-7-18-9-17-12(14)11(15)10-5-4-6-16-13(10)17;/h4-6H,7-9H2,1-3H3;1H3. The van der Waals surface area contributed by atoms with E-state index in [1.807, 2.05) is 16.7 Å². The number of hydrogen-bond donors (Lipinski definition) is 1. The number of pyridine rings is 1. The molecule has 0 aromatic carbocycles. The predicted molar refractivity (Wildman–Crippen MR) is 96.6 cm³/mol. The molecule has 0 saturated heterocycles. The van der Waals surface area contributed by atoms with Gasteiger partial charge in [-0.05, 0) is 40.8 Å². The van der Waals surface area contributed by atoms with E-state index in [1.54, 1.807) is 6.20 Å². The van der Waals surface area contributed by atoms with Crippen LogP contribution in [0.4, 0.5) is 0 Å². The number of rotatable bonds is 5. The molecular weight excluding hydrogens is 405 g/mol. The van der Waals surface area contributed by atoms with Crippen molar-refractivity contribution in [1.29, 1.82) is 0 Å². The molecule has 4 nitrogen and oxygen atoms in total. The van der Waals surface area contributed by atoms with Gasteiger partial charge < -0.3 is 10.9 Å². The third-order valence-corrected chi connectivity index (χ3v) is 6.42. The molecule has 0 aliphatic heterocycles. The van der Waals surface area contributed by atoms with Gasteiger partial charge in [-0.25, -0.2) is 4.98 Å². The minimum absolute atomic E-state index is 0. The van der Waals surface area contributed by atoms with E-state index in [2.05, 4.69) is 47.2 Å². The Labute approximate surface area is 139 Å². The molecule has 20 heavy (non-hydrogen) atoms. The summed E-state index contributed by atoms with van der Waals surface area (Å²) < 4.78 is 8.74. The molecule has 3 N–H and O–H groups in total. The molecule has 112 valence electrons. The van der Waals surface area contributed by atoms with Gasteiger partial charge in [0.2, 0.25) is 0 Å². The minimum Gasteiger partial charge on any atom is -0.361 e. The smallest absolute Gasteiger partial charge is 0.144 e. The first kappa shape index (κ1) is 17.9. The van der Waals surface area contributed by atoms with E-state index in [-0.39, 0.29) is 6.15 Å². The Bertz CT molecular complexity index is 583. The molecule has 0 aliphatic carbocycles. The van der Waals surface area contributed by atoms with Crippen molar-refractivity contribution >= 4 is 53.3 Å². The van der Waals surface area contributed by atoms with Crippen molar-refractivity contribution in [2.75, 3.05) is 6.61 Å². The summed E-state index contributed by atoms with van der Waals surface area (Å²) in [5.74, 6) is 0. The quantitative estimate of drug-likeness (QED) is 0.426. The highest BCUT2D eigenvalue weighted by atomic mass is 127. The van der Waals surface area contributed by atoms with E-state index in [1.165, 1.54) is 0 Å². The number of aromatic nitrogens is 2. The normalized spacial score (nSPS) is 11.7. The van der Waals surface area contributed by atoms with E-state index < -0.39 is 8.07 Å². The van der Waals surface area contributed by atoms with E-state index in [4.69, 9.17) is 16.3 Å². The van der Waals surface area contributed by atoms with Gasteiger partial charge in [-0.3, -0.25) is 4.57 Å². The first-order chi connectivity index (χ1) is 8.90. The Morgan fingerprint density at radius 1 is 1.40 bits per heavy atom. The van der Waals surface area contributed by atoms with Crippen LogP contribution in [0.5, 0.6) is 0 Å². The molecule has 2 aromatic heterocycles. The van der Waals surface area contributed by atoms with Crippen LogP contribution in [0.3, 0.4) is 0 Å². The Balaban J connectivity index is 0.00000200. The first-order valence-electron chi connectivity index (χ1n) is 6.26. The lowest BCUT2D eigenvalue weighted by Gasteiger charge is -2.15. The van der Waals surface area contributed by atoms with Crippen LogP contribution in [0.1, 0.15) is 0 Å². The number of hydrogen-bond acceptors (Lipinski definition) is 3. The average molecular weight is 426 g/mol. The zero-order valence-corrected chi connectivity index (χ0v) is 16.0. The van der Waals surface area contributed by atoms with E-state index in [0.717, 1.165) is 27.3 Å². The summed E-state index contributed by atoms with van der Waals surface area (Å²) >= 11 is 8.61. The van der Waals surface area contributed by atoms with Gasteiger partial charge >= 0.3 is 0 Å². The van der Waals surface area contributed by atoms with Crippen LogP contribution in [0.25, 0.3) is 11.0 Å². The molecule has 2 heterocycles. The maximum Gasteiger partial charge on any atom is 0.144 e. The SMILES string of the molecule is C[Si](C)(C)CCOCn1c(Cl)c(I)c2cccnc21.N. The van der Waals surface area contributed by atoms with E-state index >= 15 is 0 Å². The molecule has 7 heteroatoms. The summed E-state index contributed by atoms with van der Waals surface area (Å²) in [7, 11) is -1.04. The van der Waals surface area contributed by atoms with Crippen molar-refractivity contribution in [1.82, 2.24) is 15.7 Å². The van der Waals surface area contributed by atoms with Crippen LogP contribution >= 0.6 is 34.2 Å². The maximum absolute atomic E-state index is 6.35. The molecule has 0 bridgehead atoms. The van der Waals surface area contributed by atoms with Crippen LogP contribution in [0.15, 0.2) is 18.3 Å². The topological polar surface area (TPSA) is 62.0 Å². The van der Waals surface area contributed by atoms with Gasteiger partial charge in [0.15, 0.2) is 0 Å². The third-order valence-electron chi connectivity index (χ3n) is 2.91. The molecule has 0 spiro atoms. The fraction of sp³-hybridized carbons (Fsp3) is 0.462. The third kappa shape index (κ3) is 4.17. The molecule has 2 aromatic rings. The molecule has 0 aliphatic rings. The van der Waals surface area contributed by atoms with Crippen LogP contribution in [-0.4, -0.2) is 24.2 Å². The van der Waals surface area contributed by atoms with Crippen molar-refractivity contribution in [3.8, 4) is 0 Å². The number of nitrogens with zero attached hydrogens (tertiary/aromatic N) is 2. The first-order valence-corrected chi connectivity index (χ1v) is 11.4. The molecule has 0 atom stereocenters. The van der Waals surface area contributed by atoms with Crippen molar-refractivity contribution in [2.45, 2.75) is 32.4 Å². The molecule has 0 saturated carbocycles. The summed E-state index contributed by atoms with van der Waals surface area (Å²) in [6.45, 7) is 8.30. The predicted octanol–water partition coefficient (Wildman–Crippen LogP) is 4.77. The van der Waals surface area contributed by atoms with Gasteiger partial charge in [-0.1, -0.05) is 31.2 Å². The lowest BCUT2D eigenvalue weighted by atomic mass is 10.3. The van der Waals surface area contributed by atoms with Gasteiger partial charge in [0.25, 0.3) is 0 Å². The maximum atomic E-state index is 6.35. The van der Waals surface area contributed by atoms with Crippen LogP contribution in [-0.2, 0) is 11.5 Å². The fourth-order valence-corrected chi connectivity index (χ4v) is 3.46. The van der Waals surface area contributed by atoms with Crippen LogP contribution < -0.4 is 6.15 Å². The Hall–Kier alpha value is -0.153. The molecule has 2 rings (SSSR count). The van der Waals surface area contributed by atoms with E-state index in [9.17, 15) is 0 Å². The second kappa shape index (κ2) is 7.21. The van der Waals surface area contributed by atoms with Crippen molar-refractivity contribution in [3.63, 3.8) is 0 Å². The Morgan fingerprint density at radius 3 is 2.75 bits per heavy atom. The van der Waals surface area contributed by atoms with Crippen LogP contribution in [0, 0.1) is 3.57 Å². The number of fused-ring (bicyclic) bond motifs is 1. The zero-order valence-electron chi connectivity index (χ0n) is 12.1. The van der Waals surface area contributed by atoms with Crippen molar-refractivity contribution in [3.05, 3.63) is 27.1 Å². The average Bonchev–Trinajstić information content (AvgIpc) is 2.58. The summed E-state index contributed by atoms with van der Waals surface area (Å²) in [4.78, 5) is 4.39. The molecule has 0 fully saturated rings. The second-order valence-corrected chi connectivity index (χ2v) is 12.8. The summed E-state index contributed by atoms with van der Waals surface area (Å²) in [5.41, 5.74) is 0.893. The molecule has 0 amide bonds. The molecule has 0 radical (unpaired) electrons. The second-order valence-electron chi connectivity index (χ2n) is 5.76. The largest absolute Gasteiger partial charge is 0.361 e. The number of halogens is 2. The van der Waals surface area contributed by atoms with Crippen molar-refractivity contribution in [2.24, 2.45) is 0 Å². The fourth-order valence-electron chi connectivity index (χ4n) is 1.76. The Morgan fingerprint density at radius 2 is 2.10 bits per heavy atom. The summed E-state index contributed by atoms with van der Waals surface area (Å²) in [6.07, 6.45) is 1.79. The summed E-state index contributed by atoms with van der Waals surface area (Å²) in [6, 6.07) is 5.13. The van der Waals surface area contributed by atoms with Gasteiger partial charge in [-0.2, -0.15) is 0 Å². The highest BCUT2D eigenvalue weighted by Crippen LogP contribution is 2.29. The summed E-state index contributed by atoms with van der Waals surface area (Å²) in [5, 5.41) is 1.80. The highest BCUT2D eigenvalue weighted by molar-refractivity contribution is 14.1. The van der Waals surface area contributed by atoms with Gasteiger partial charge in [0.05, 0.1) is 3.57 Å². The molecular formula is C13H21ClIN3OSi. The molecule has 0 unspecified atom stereocenters. The lowest BCUT2D eigenvalue weighted by Crippen LogP contribution is -2.22.